The van der Waals surface area contributed by atoms with Crippen LogP contribution in [0.1, 0.15) is 57.1 Å². The summed E-state index contributed by atoms with van der Waals surface area (Å²) in [5.74, 6) is 0. The van der Waals surface area contributed by atoms with Crippen LogP contribution in [0.15, 0.2) is 24.3 Å². The second kappa shape index (κ2) is 6.68. The van der Waals surface area contributed by atoms with Crippen molar-refractivity contribution in [3.05, 3.63) is 35.4 Å². The van der Waals surface area contributed by atoms with Gasteiger partial charge >= 0.3 is 8.25 Å². The zero-order valence-corrected chi connectivity index (χ0v) is 15.0. The van der Waals surface area contributed by atoms with Gasteiger partial charge in [-0.25, -0.2) is 5.11 Å². The molecule has 1 aliphatic carbocycles. The van der Waals surface area contributed by atoms with Crippen LogP contribution in [0.3, 0.4) is 0 Å². The molecule has 0 N–H and O–H groups in total. The normalized spacial score (nSPS) is 30.0. The van der Waals surface area contributed by atoms with Gasteiger partial charge in [-0.3, -0.25) is 4.57 Å². The van der Waals surface area contributed by atoms with Gasteiger partial charge in [0.15, 0.2) is 0 Å². The molecular weight excluding hydrogens is 311 g/mol. The molecule has 1 aromatic carbocycles. The summed E-state index contributed by atoms with van der Waals surface area (Å²) in [6, 6.07) is 8.00. The fraction of sp³-hybridized carbons (Fsp3) is 0.667. The van der Waals surface area contributed by atoms with Gasteiger partial charge in [0.05, 0.1) is 12.7 Å². The quantitative estimate of drug-likeness (QED) is 0.754. The van der Waals surface area contributed by atoms with Crippen molar-refractivity contribution in [3.8, 4) is 0 Å². The van der Waals surface area contributed by atoms with Crippen molar-refractivity contribution in [3.63, 3.8) is 0 Å². The van der Waals surface area contributed by atoms with Gasteiger partial charge in [0.25, 0.3) is 0 Å². The van der Waals surface area contributed by atoms with Crippen molar-refractivity contribution in [2.45, 2.75) is 64.1 Å². The van der Waals surface area contributed by atoms with Crippen LogP contribution < -0.4 is 0 Å². The Morgan fingerprint density at radius 1 is 1.13 bits per heavy atom. The summed E-state index contributed by atoms with van der Waals surface area (Å²) in [5, 5.41) is 11.1. The third-order valence-electron chi connectivity index (χ3n) is 5.43. The average Bonchev–Trinajstić information content (AvgIpc) is 2.58. The number of hydrogen-bond donors (Lipinski definition) is 0. The minimum Gasteiger partial charge on any atom is -0.310 e. The molecule has 5 heteroatoms. The molecule has 23 heavy (non-hydrogen) atoms. The van der Waals surface area contributed by atoms with Crippen molar-refractivity contribution in [1.82, 2.24) is 0 Å². The molecule has 2 aliphatic rings. The molecule has 1 radical (unpaired) electrons. The van der Waals surface area contributed by atoms with Crippen molar-refractivity contribution >= 4 is 8.25 Å². The van der Waals surface area contributed by atoms with Gasteiger partial charge in [-0.2, -0.15) is 0 Å². The van der Waals surface area contributed by atoms with E-state index in [0.717, 1.165) is 31.2 Å². The molecule has 0 spiro atoms. The molecule has 4 nitrogen and oxygen atoms in total. The smallest absolute Gasteiger partial charge is 0.310 e. The fourth-order valence-corrected chi connectivity index (χ4v) is 5.58. The molecule has 2 fully saturated rings. The van der Waals surface area contributed by atoms with E-state index in [1.165, 1.54) is 12.0 Å². The summed E-state index contributed by atoms with van der Waals surface area (Å²) < 4.78 is 23.2. The van der Waals surface area contributed by atoms with Crippen LogP contribution in [0, 0.1) is 5.41 Å². The van der Waals surface area contributed by atoms with Gasteiger partial charge in [-0.1, -0.05) is 57.4 Å². The highest BCUT2D eigenvalue weighted by atomic mass is 31.1. The molecule has 0 amide bonds. The lowest BCUT2D eigenvalue weighted by Crippen LogP contribution is -2.53. The third kappa shape index (κ3) is 3.28. The molecule has 1 saturated heterocycles. The summed E-state index contributed by atoms with van der Waals surface area (Å²) >= 11 is 0. The Hall–Kier alpha value is -0.670. The number of hydrogen-bond acceptors (Lipinski definition) is 3. The van der Waals surface area contributed by atoms with E-state index in [0.29, 0.717) is 6.61 Å². The van der Waals surface area contributed by atoms with Gasteiger partial charge in [0.1, 0.15) is 6.61 Å². The number of benzene rings is 1. The fourth-order valence-electron chi connectivity index (χ4n) is 4.29. The van der Waals surface area contributed by atoms with Crippen LogP contribution in [0.4, 0.5) is 0 Å². The van der Waals surface area contributed by atoms with Crippen molar-refractivity contribution in [1.29, 1.82) is 0 Å². The van der Waals surface area contributed by atoms with Gasteiger partial charge in [0.2, 0.25) is 0 Å². The van der Waals surface area contributed by atoms with Crippen molar-refractivity contribution < 1.29 is 18.7 Å². The van der Waals surface area contributed by atoms with Crippen molar-refractivity contribution in [2.75, 3.05) is 6.61 Å². The molecule has 1 aromatic rings. The Labute approximate surface area is 139 Å². The van der Waals surface area contributed by atoms with Gasteiger partial charge in [-0.15, -0.1) is 0 Å². The average molecular weight is 337 g/mol. The summed E-state index contributed by atoms with van der Waals surface area (Å²) in [4.78, 5) is 0. The molecule has 2 unspecified atom stereocenters. The number of rotatable bonds is 3. The standard InChI is InChI=1S/C18H26O4P/c1-17(2)13-21-23(20)22-16(17)18(10-4-3-5-11-18)15-8-6-14(12-19)7-9-15/h6-9,16,23H,3-5,10-13H2,1-2H3. The monoisotopic (exact) mass is 337 g/mol. The first-order valence-electron chi connectivity index (χ1n) is 8.49. The van der Waals surface area contributed by atoms with E-state index in [1.54, 1.807) is 0 Å². The zero-order valence-electron chi connectivity index (χ0n) is 14.0. The zero-order chi connectivity index (χ0) is 16.5. The molecule has 0 bridgehead atoms. The van der Waals surface area contributed by atoms with Crippen LogP contribution in [0.5, 0.6) is 0 Å². The minimum atomic E-state index is -2.42. The highest BCUT2D eigenvalue weighted by Gasteiger charge is 2.51. The maximum Gasteiger partial charge on any atom is 0.319 e. The molecular formula is C18H26O4P. The maximum atomic E-state index is 12.0. The third-order valence-corrected chi connectivity index (χ3v) is 6.24. The predicted molar refractivity (Wildman–Crippen MR) is 89.2 cm³/mol. The Balaban J connectivity index is 2.02. The lowest BCUT2D eigenvalue weighted by atomic mass is 9.60. The topological polar surface area (TPSA) is 55.4 Å². The molecule has 3 rings (SSSR count). The molecule has 0 aromatic heterocycles. The van der Waals surface area contributed by atoms with Crippen LogP contribution in [-0.2, 0) is 30.7 Å². The van der Waals surface area contributed by atoms with Gasteiger partial charge in [-0.05, 0) is 24.0 Å². The van der Waals surface area contributed by atoms with Crippen LogP contribution in [0.2, 0.25) is 0 Å². The van der Waals surface area contributed by atoms with Crippen molar-refractivity contribution in [2.24, 2.45) is 5.41 Å². The Kier molecular flexibility index (Phi) is 4.98. The Morgan fingerprint density at radius 2 is 1.78 bits per heavy atom. The summed E-state index contributed by atoms with van der Waals surface area (Å²) in [5.41, 5.74) is 1.70. The van der Waals surface area contributed by atoms with E-state index in [4.69, 9.17) is 9.05 Å². The second-order valence-electron chi connectivity index (χ2n) is 7.58. The molecule has 1 heterocycles. The Morgan fingerprint density at radius 3 is 2.39 bits per heavy atom. The minimum absolute atomic E-state index is 0.117. The van der Waals surface area contributed by atoms with Crippen LogP contribution >= 0.6 is 8.25 Å². The van der Waals surface area contributed by atoms with E-state index < -0.39 is 8.25 Å². The van der Waals surface area contributed by atoms with E-state index >= 15 is 0 Å². The molecule has 2 atom stereocenters. The highest BCUT2D eigenvalue weighted by Crippen LogP contribution is 2.54. The molecule has 127 valence electrons. The lowest BCUT2D eigenvalue weighted by Gasteiger charge is -2.51. The van der Waals surface area contributed by atoms with E-state index in [9.17, 15) is 9.67 Å². The van der Waals surface area contributed by atoms with Gasteiger partial charge < -0.3 is 9.05 Å². The molecule has 1 saturated carbocycles. The maximum absolute atomic E-state index is 12.0. The Bertz CT molecular complexity index is 561. The van der Waals surface area contributed by atoms with Gasteiger partial charge in [0, 0.05) is 10.8 Å². The predicted octanol–water partition coefficient (Wildman–Crippen LogP) is 4.65. The SMILES string of the molecule is CC1(C)CO[PH](=O)OC1C1(c2ccc(C[O])cc2)CCCCC1. The largest absolute Gasteiger partial charge is 0.319 e. The second-order valence-corrected chi connectivity index (χ2v) is 8.61. The lowest BCUT2D eigenvalue weighted by molar-refractivity contribution is -0.0703. The first-order valence-corrected chi connectivity index (χ1v) is 9.71. The first-order chi connectivity index (χ1) is 11.0. The van der Waals surface area contributed by atoms with E-state index in [2.05, 4.69) is 26.0 Å². The first kappa shape index (κ1) is 17.2. The highest BCUT2D eigenvalue weighted by molar-refractivity contribution is 7.33. The van der Waals surface area contributed by atoms with E-state index in [-0.39, 0.29) is 23.5 Å². The summed E-state index contributed by atoms with van der Waals surface area (Å²) in [7, 11) is -2.42. The summed E-state index contributed by atoms with van der Waals surface area (Å²) in [6.45, 7) is 4.54. The van der Waals surface area contributed by atoms with E-state index in [1.807, 2.05) is 12.1 Å². The van der Waals surface area contributed by atoms with Crippen LogP contribution in [-0.4, -0.2) is 12.7 Å². The van der Waals surface area contributed by atoms with Crippen LogP contribution in [0.25, 0.3) is 0 Å². The summed E-state index contributed by atoms with van der Waals surface area (Å²) in [6.07, 6.45) is 5.50. The molecule has 1 aliphatic heterocycles.